The molecule has 2 aromatic rings. The van der Waals surface area contributed by atoms with Crippen molar-refractivity contribution >= 4 is 5.83 Å². The lowest BCUT2D eigenvalue weighted by molar-refractivity contribution is -0.286. The lowest BCUT2D eigenvalue weighted by Gasteiger charge is -2.28. The molecular formula is C25H26F4O2. The van der Waals surface area contributed by atoms with Gasteiger partial charge in [-0.1, -0.05) is 37.6 Å². The maximum absolute atomic E-state index is 14.9. The van der Waals surface area contributed by atoms with Gasteiger partial charge in [0.25, 0.3) is 0 Å². The van der Waals surface area contributed by atoms with Crippen LogP contribution in [0.25, 0.3) is 5.83 Å². The van der Waals surface area contributed by atoms with Crippen LogP contribution >= 0.6 is 0 Å². The molecule has 0 aromatic heterocycles. The molecule has 1 aliphatic carbocycles. The molecule has 0 bridgehead atoms. The van der Waals surface area contributed by atoms with Crippen molar-refractivity contribution in [2.24, 2.45) is 5.92 Å². The van der Waals surface area contributed by atoms with Gasteiger partial charge in [-0.25, -0.2) is 8.78 Å². The summed E-state index contributed by atoms with van der Waals surface area (Å²) in [5, 5.41) is 0. The molecule has 1 fully saturated rings. The van der Waals surface area contributed by atoms with E-state index in [9.17, 15) is 17.6 Å². The molecule has 166 valence electrons. The third-order valence-corrected chi connectivity index (χ3v) is 6.22. The van der Waals surface area contributed by atoms with Crippen LogP contribution in [0.4, 0.5) is 17.6 Å². The SMILES string of the molecule is CCCCc1ccc(C2CCC(/C(F)=C(\F)c3ccc4c(c3)OC(F)(F)O4)CC2)cc1. The minimum atomic E-state index is -3.79. The van der Waals surface area contributed by atoms with Crippen LogP contribution in [0.15, 0.2) is 48.3 Å². The number of ether oxygens (including phenoxy) is 2. The molecule has 1 aliphatic heterocycles. The average Bonchev–Trinajstić information content (AvgIpc) is 3.10. The van der Waals surface area contributed by atoms with Crippen molar-refractivity contribution in [3.63, 3.8) is 0 Å². The van der Waals surface area contributed by atoms with Crippen molar-refractivity contribution in [2.45, 2.75) is 64.1 Å². The molecule has 0 saturated heterocycles. The van der Waals surface area contributed by atoms with E-state index in [1.165, 1.54) is 36.1 Å². The van der Waals surface area contributed by atoms with E-state index in [4.69, 9.17) is 0 Å². The van der Waals surface area contributed by atoms with E-state index in [0.29, 0.717) is 18.8 Å². The molecule has 0 unspecified atom stereocenters. The lowest BCUT2D eigenvalue weighted by atomic mass is 9.78. The zero-order valence-corrected chi connectivity index (χ0v) is 17.5. The van der Waals surface area contributed by atoms with E-state index in [0.717, 1.165) is 25.3 Å². The first kappa shape index (κ1) is 21.7. The summed E-state index contributed by atoms with van der Waals surface area (Å²) >= 11 is 0. The van der Waals surface area contributed by atoms with Crippen molar-refractivity contribution in [3.8, 4) is 11.5 Å². The van der Waals surface area contributed by atoms with Crippen LogP contribution in [0.2, 0.25) is 0 Å². The molecule has 0 amide bonds. The lowest BCUT2D eigenvalue weighted by Crippen LogP contribution is -2.25. The zero-order valence-electron chi connectivity index (χ0n) is 17.5. The fourth-order valence-corrected chi connectivity index (χ4v) is 4.42. The summed E-state index contributed by atoms with van der Waals surface area (Å²) in [6.45, 7) is 2.17. The van der Waals surface area contributed by atoms with E-state index in [1.807, 2.05) is 0 Å². The van der Waals surface area contributed by atoms with Crippen molar-refractivity contribution in [3.05, 3.63) is 65.0 Å². The van der Waals surface area contributed by atoms with Gasteiger partial charge in [-0.3, -0.25) is 0 Å². The third-order valence-electron chi connectivity index (χ3n) is 6.22. The molecule has 4 rings (SSSR count). The molecule has 2 aromatic carbocycles. The van der Waals surface area contributed by atoms with E-state index in [1.54, 1.807) is 0 Å². The number of hydrogen-bond donors (Lipinski definition) is 0. The van der Waals surface area contributed by atoms with Crippen molar-refractivity contribution in [1.82, 2.24) is 0 Å². The molecule has 2 aliphatic rings. The normalized spacial score (nSPS) is 22.9. The van der Waals surface area contributed by atoms with Crippen LogP contribution in [0.3, 0.4) is 0 Å². The molecule has 1 saturated carbocycles. The van der Waals surface area contributed by atoms with E-state index < -0.39 is 23.9 Å². The Kier molecular flexibility index (Phi) is 6.26. The number of hydrogen-bond acceptors (Lipinski definition) is 2. The van der Waals surface area contributed by atoms with Crippen LogP contribution in [-0.2, 0) is 6.42 Å². The number of rotatable bonds is 6. The third kappa shape index (κ3) is 4.89. The highest BCUT2D eigenvalue weighted by Crippen LogP contribution is 2.45. The number of unbranched alkanes of at least 4 members (excludes halogenated alkanes) is 1. The average molecular weight is 434 g/mol. The van der Waals surface area contributed by atoms with Crippen LogP contribution in [0, 0.1) is 5.92 Å². The largest absolute Gasteiger partial charge is 0.586 e. The summed E-state index contributed by atoms with van der Waals surface area (Å²) in [7, 11) is 0. The van der Waals surface area contributed by atoms with Crippen LogP contribution in [-0.4, -0.2) is 6.29 Å². The summed E-state index contributed by atoms with van der Waals surface area (Å²) in [5.41, 5.74) is 2.46. The topological polar surface area (TPSA) is 18.5 Å². The predicted octanol–water partition coefficient (Wildman–Crippen LogP) is 7.93. The summed E-state index contributed by atoms with van der Waals surface area (Å²) in [4.78, 5) is 0. The smallest absolute Gasteiger partial charge is 0.395 e. The predicted molar refractivity (Wildman–Crippen MR) is 112 cm³/mol. The van der Waals surface area contributed by atoms with Gasteiger partial charge in [0, 0.05) is 11.5 Å². The van der Waals surface area contributed by atoms with E-state index >= 15 is 0 Å². The highest BCUT2D eigenvalue weighted by atomic mass is 19.3. The second-order valence-corrected chi connectivity index (χ2v) is 8.38. The van der Waals surface area contributed by atoms with Gasteiger partial charge < -0.3 is 9.47 Å². The monoisotopic (exact) mass is 434 g/mol. The van der Waals surface area contributed by atoms with E-state index in [-0.39, 0.29) is 17.1 Å². The molecule has 1 heterocycles. The fourth-order valence-electron chi connectivity index (χ4n) is 4.42. The van der Waals surface area contributed by atoms with Gasteiger partial charge in [-0.05, 0) is 73.8 Å². The minimum Gasteiger partial charge on any atom is -0.395 e. The van der Waals surface area contributed by atoms with Gasteiger partial charge >= 0.3 is 6.29 Å². The Bertz CT molecular complexity index is 944. The van der Waals surface area contributed by atoms with Crippen LogP contribution in [0.5, 0.6) is 11.5 Å². The Morgan fingerprint density at radius 1 is 0.935 bits per heavy atom. The van der Waals surface area contributed by atoms with Crippen LogP contribution in [0.1, 0.15) is 68.1 Å². The minimum absolute atomic E-state index is 0.123. The second-order valence-electron chi connectivity index (χ2n) is 8.38. The maximum atomic E-state index is 14.9. The quantitative estimate of drug-likeness (QED) is 0.430. The Morgan fingerprint density at radius 2 is 1.61 bits per heavy atom. The molecule has 2 nitrogen and oxygen atoms in total. The van der Waals surface area contributed by atoms with Crippen LogP contribution < -0.4 is 9.47 Å². The first-order valence-electron chi connectivity index (χ1n) is 10.9. The Hall–Kier alpha value is -2.50. The standard InChI is InChI=1S/C25H26F4O2/c1-2-3-4-16-5-7-17(8-6-16)18-9-11-19(12-10-18)23(26)24(27)20-13-14-21-22(15-20)31-25(28,29)30-21/h5-8,13-15,18-19H,2-4,9-12H2,1H3/b24-23+. The number of alkyl halides is 2. The number of allylic oxidation sites excluding steroid dienone is 1. The van der Waals surface area contributed by atoms with Gasteiger partial charge in [-0.2, -0.15) is 0 Å². The summed E-state index contributed by atoms with van der Waals surface area (Å²) in [5.74, 6) is -2.49. The maximum Gasteiger partial charge on any atom is 0.586 e. The molecular weight excluding hydrogens is 408 g/mol. The summed E-state index contributed by atoms with van der Waals surface area (Å²) in [6, 6.07) is 12.1. The molecule has 0 N–H and O–H groups in total. The van der Waals surface area contributed by atoms with Gasteiger partial charge in [0.05, 0.1) is 0 Å². The molecule has 0 radical (unpaired) electrons. The number of aryl methyl sites for hydroxylation is 1. The summed E-state index contributed by atoms with van der Waals surface area (Å²) < 4.78 is 64.5. The fraction of sp³-hybridized carbons (Fsp3) is 0.440. The Labute approximate surface area is 179 Å². The van der Waals surface area contributed by atoms with Crippen molar-refractivity contribution in [1.29, 1.82) is 0 Å². The zero-order chi connectivity index (χ0) is 22.0. The number of fused-ring (bicyclic) bond motifs is 1. The Balaban J connectivity index is 1.40. The highest BCUT2D eigenvalue weighted by Gasteiger charge is 2.43. The summed E-state index contributed by atoms with van der Waals surface area (Å²) in [6.07, 6.45) is 2.30. The Morgan fingerprint density at radius 3 is 2.29 bits per heavy atom. The first-order valence-corrected chi connectivity index (χ1v) is 10.9. The highest BCUT2D eigenvalue weighted by molar-refractivity contribution is 5.65. The second kappa shape index (κ2) is 8.93. The number of halogens is 4. The van der Waals surface area contributed by atoms with Gasteiger partial charge in [-0.15, -0.1) is 8.78 Å². The molecule has 6 heteroatoms. The van der Waals surface area contributed by atoms with Gasteiger partial charge in [0.15, 0.2) is 17.3 Å². The van der Waals surface area contributed by atoms with E-state index in [2.05, 4.69) is 40.7 Å². The van der Waals surface area contributed by atoms with Crippen molar-refractivity contribution in [2.75, 3.05) is 0 Å². The molecule has 0 spiro atoms. The van der Waals surface area contributed by atoms with Crippen molar-refractivity contribution < 1.29 is 27.0 Å². The van der Waals surface area contributed by atoms with Gasteiger partial charge in [0.1, 0.15) is 5.83 Å². The molecule has 0 atom stereocenters. The number of benzene rings is 2. The first-order chi connectivity index (χ1) is 14.9. The van der Waals surface area contributed by atoms with Gasteiger partial charge in [0.2, 0.25) is 0 Å². The molecule has 31 heavy (non-hydrogen) atoms.